The Morgan fingerprint density at radius 1 is 1.21 bits per heavy atom. The second-order valence-electron chi connectivity index (χ2n) is 6.78. The summed E-state index contributed by atoms with van der Waals surface area (Å²) in [5.74, 6) is -0.255. The molecule has 0 bridgehead atoms. The Labute approximate surface area is 170 Å². The first kappa shape index (κ1) is 20.7. The molecule has 0 radical (unpaired) electrons. The summed E-state index contributed by atoms with van der Waals surface area (Å²) in [4.78, 5) is 14.4. The largest absolute Gasteiger partial charge is 0.325 e. The van der Waals surface area contributed by atoms with Gasteiger partial charge in [0.25, 0.3) is 0 Å². The van der Waals surface area contributed by atoms with Crippen LogP contribution in [-0.2, 0) is 21.4 Å². The number of para-hydroxylation sites is 1. The fraction of sp³-hybridized carbons (Fsp3) is 0.200. The van der Waals surface area contributed by atoms with Crippen LogP contribution in [0.1, 0.15) is 12.5 Å². The van der Waals surface area contributed by atoms with Crippen molar-refractivity contribution in [2.24, 2.45) is 5.14 Å². The highest BCUT2D eigenvalue weighted by Crippen LogP contribution is 2.16. The number of anilines is 1. The highest BCUT2D eigenvalue weighted by Gasteiger charge is 2.19. The zero-order chi connectivity index (χ0) is 21.0. The highest BCUT2D eigenvalue weighted by atomic mass is 32.2. The Morgan fingerprint density at radius 2 is 1.93 bits per heavy atom. The quantitative estimate of drug-likeness (QED) is 0.615. The average Bonchev–Trinajstić information content (AvgIpc) is 3.16. The number of benzene rings is 2. The number of amides is 1. The monoisotopic (exact) mass is 413 g/mol. The molecule has 0 aliphatic carbocycles. The fourth-order valence-electron chi connectivity index (χ4n) is 2.79. The number of hydrogen-bond acceptors (Lipinski definition) is 5. The first-order valence-electron chi connectivity index (χ1n) is 8.97. The Balaban J connectivity index is 1.64. The summed E-state index contributed by atoms with van der Waals surface area (Å²) < 4.78 is 24.7. The third kappa shape index (κ3) is 5.29. The number of nitrogens with two attached hydrogens (primary N) is 1. The van der Waals surface area contributed by atoms with E-state index in [0.29, 0.717) is 12.2 Å². The maximum Gasteiger partial charge on any atom is 0.241 e. The van der Waals surface area contributed by atoms with Gasteiger partial charge in [0.2, 0.25) is 15.9 Å². The molecule has 1 unspecified atom stereocenters. The lowest BCUT2D eigenvalue weighted by molar-refractivity contribution is -0.120. The van der Waals surface area contributed by atoms with Gasteiger partial charge in [-0.15, -0.1) is 0 Å². The van der Waals surface area contributed by atoms with Crippen LogP contribution in [-0.4, -0.2) is 42.1 Å². The summed E-state index contributed by atoms with van der Waals surface area (Å²) in [7, 11) is -1.99. The second kappa shape index (κ2) is 8.56. The minimum Gasteiger partial charge on any atom is -0.325 e. The summed E-state index contributed by atoms with van der Waals surface area (Å²) in [6, 6.07) is 15.2. The van der Waals surface area contributed by atoms with Crippen LogP contribution in [0.4, 0.5) is 5.69 Å². The van der Waals surface area contributed by atoms with Gasteiger partial charge in [0.1, 0.15) is 0 Å². The number of nitrogens with zero attached hydrogens (tertiary/aromatic N) is 3. The van der Waals surface area contributed by atoms with Gasteiger partial charge < -0.3 is 5.32 Å². The zero-order valence-electron chi connectivity index (χ0n) is 16.2. The molecule has 1 atom stereocenters. The molecule has 1 aromatic heterocycles. The third-order valence-electron chi connectivity index (χ3n) is 4.56. The Morgan fingerprint density at radius 3 is 2.62 bits per heavy atom. The number of aromatic nitrogens is 2. The van der Waals surface area contributed by atoms with E-state index in [1.54, 1.807) is 23.9 Å². The van der Waals surface area contributed by atoms with E-state index < -0.39 is 16.1 Å². The topological polar surface area (TPSA) is 110 Å². The Kier molecular flexibility index (Phi) is 6.12. The number of carbonyl (C=O) groups is 1. The van der Waals surface area contributed by atoms with Gasteiger partial charge >= 0.3 is 0 Å². The lowest BCUT2D eigenvalue weighted by atomic mass is 10.2. The van der Waals surface area contributed by atoms with E-state index in [2.05, 4.69) is 10.4 Å². The van der Waals surface area contributed by atoms with Crippen LogP contribution in [0.5, 0.6) is 0 Å². The predicted octanol–water partition coefficient (Wildman–Crippen LogP) is 1.98. The summed E-state index contributed by atoms with van der Waals surface area (Å²) in [6.45, 7) is 2.30. The van der Waals surface area contributed by atoms with Gasteiger partial charge in [-0.25, -0.2) is 18.2 Å². The summed E-state index contributed by atoms with van der Waals surface area (Å²) in [6.07, 6.45) is 3.69. The molecule has 8 nitrogen and oxygen atoms in total. The molecule has 3 N–H and O–H groups in total. The minimum absolute atomic E-state index is 0.0513. The molecule has 0 aliphatic rings. The highest BCUT2D eigenvalue weighted by molar-refractivity contribution is 7.89. The molecule has 3 rings (SSSR count). The minimum atomic E-state index is -3.83. The van der Waals surface area contributed by atoms with Crippen LogP contribution >= 0.6 is 0 Å². The predicted molar refractivity (Wildman–Crippen MR) is 111 cm³/mol. The van der Waals surface area contributed by atoms with Crippen LogP contribution in [0.25, 0.3) is 5.69 Å². The molecule has 152 valence electrons. The van der Waals surface area contributed by atoms with Crippen molar-refractivity contribution in [1.82, 2.24) is 14.7 Å². The van der Waals surface area contributed by atoms with Crippen LogP contribution in [0.15, 0.2) is 71.9 Å². The number of likely N-dealkylation sites (N-methyl/N-ethyl adjacent to an activating group) is 1. The molecule has 0 saturated heterocycles. The van der Waals surface area contributed by atoms with Crippen molar-refractivity contribution in [1.29, 1.82) is 0 Å². The van der Waals surface area contributed by atoms with Gasteiger partial charge in [0.05, 0.1) is 22.8 Å². The van der Waals surface area contributed by atoms with Crippen molar-refractivity contribution in [2.45, 2.75) is 24.4 Å². The average molecular weight is 414 g/mol. The van der Waals surface area contributed by atoms with Gasteiger partial charge in [-0.3, -0.25) is 9.69 Å². The van der Waals surface area contributed by atoms with Crippen molar-refractivity contribution in [3.8, 4) is 5.69 Å². The van der Waals surface area contributed by atoms with Crippen molar-refractivity contribution in [2.75, 3.05) is 12.4 Å². The standard InChI is InChI=1S/C20H23N5O3S/c1-15(20(26)23-17-7-6-10-19(11-17)29(21,27)28)24(2)13-16-12-22-25(14-16)18-8-4-3-5-9-18/h3-12,14-15H,13H2,1-2H3,(H,23,26)(H2,21,27,28). The fourth-order valence-corrected chi connectivity index (χ4v) is 3.35. The van der Waals surface area contributed by atoms with Crippen molar-refractivity contribution < 1.29 is 13.2 Å². The zero-order valence-corrected chi connectivity index (χ0v) is 17.0. The SMILES string of the molecule is CC(C(=O)Nc1cccc(S(N)(=O)=O)c1)N(C)Cc1cnn(-c2ccccc2)c1. The van der Waals surface area contributed by atoms with Gasteiger partial charge in [-0.05, 0) is 44.3 Å². The molecule has 3 aromatic rings. The molecule has 0 aliphatic heterocycles. The number of primary sulfonamides is 1. The molecule has 0 saturated carbocycles. The first-order chi connectivity index (χ1) is 13.7. The van der Waals surface area contributed by atoms with Crippen LogP contribution < -0.4 is 10.5 Å². The Hall–Kier alpha value is -3.01. The van der Waals surface area contributed by atoms with Crippen molar-refractivity contribution >= 4 is 21.6 Å². The molecular weight excluding hydrogens is 390 g/mol. The number of nitrogens with one attached hydrogen (secondary N) is 1. The normalized spacial score (nSPS) is 12.7. The maximum atomic E-state index is 12.6. The lowest BCUT2D eigenvalue weighted by Gasteiger charge is -2.23. The van der Waals surface area contributed by atoms with Crippen molar-refractivity contribution in [3.05, 3.63) is 72.6 Å². The Bertz CT molecular complexity index is 1100. The van der Waals surface area contributed by atoms with E-state index in [9.17, 15) is 13.2 Å². The summed E-state index contributed by atoms with van der Waals surface area (Å²) in [5.41, 5.74) is 2.30. The van der Waals surface area contributed by atoms with Crippen LogP contribution in [0, 0.1) is 0 Å². The molecule has 9 heteroatoms. The number of sulfonamides is 1. The van der Waals surface area contributed by atoms with Crippen molar-refractivity contribution in [3.63, 3.8) is 0 Å². The number of hydrogen-bond donors (Lipinski definition) is 2. The molecule has 2 aromatic carbocycles. The third-order valence-corrected chi connectivity index (χ3v) is 5.47. The molecule has 0 fully saturated rings. The molecule has 29 heavy (non-hydrogen) atoms. The second-order valence-corrected chi connectivity index (χ2v) is 8.34. The molecule has 0 spiro atoms. The number of rotatable bonds is 7. The van der Waals surface area contributed by atoms with Crippen LogP contribution in [0.2, 0.25) is 0 Å². The maximum absolute atomic E-state index is 12.6. The molecule has 1 heterocycles. The van der Waals surface area contributed by atoms with Gasteiger partial charge in [-0.2, -0.15) is 5.10 Å². The van der Waals surface area contributed by atoms with E-state index >= 15 is 0 Å². The van der Waals surface area contributed by atoms with Crippen LogP contribution in [0.3, 0.4) is 0 Å². The number of carbonyl (C=O) groups excluding carboxylic acids is 1. The lowest BCUT2D eigenvalue weighted by Crippen LogP contribution is -2.39. The van der Waals surface area contributed by atoms with Gasteiger partial charge in [-0.1, -0.05) is 24.3 Å². The van der Waals surface area contributed by atoms with E-state index in [-0.39, 0.29) is 10.8 Å². The van der Waals surface area contributed by atoms with E-state index in [1.807, 2.05) is 48.5 Å². The van der Waals surface area contributed by atoms with E-state index in [0.717, 1.165) is 11.3 Å². The first-order valence-corrected chi connectivity index (χ1v) is 10.5. The smallest absolute Gasteiger partial charge is 0.241 e. The van der Waals surface area contributed by atoms with Gasteiger partial charge in [0, 0.05) is 24.0 Å². The van der Waals surface area contributed by atoms with Gasteiger partial charge in [0.15, 0.2) is 0 Å². The van der Waals surface area contributed by atoms with E-state index in [1.165, 1.54) is 18.2 Å². The summed E-state index contributed by atoms with van der Waals surface area (Å²) in [5, 5.41) is 12.2. The summed E-state index contributed by atoms with van der Waals surface area (Å²) >= 11 is 0. The molecular formula is C20H23N5O3S. The molecule has 1 amide bonds. The van der Waals surface area contributed by atoms with E-state index in [4.69, 9.17) is 5.14 Å².